The molecule has 1 aromatic heterocycles. The minimum atomic E-state index is -0.199. The average molecular weight is 382 g/mol. The van der Waals surface area contributed by atoms with Crippen molar-refractivity contribution in [3.8, 4) is 0 Å². The van der Waals surface area contributed by atoms with Crippen LogP contribution in [0.15, 0.2) is 77.4 Å². The van der Waals surface area contributed by atoms with Crippen molar-refractivity contribution < 1.29 is 4.79 Å². The van der Waals surface area contributed by atoms with Gasteiger partial charge in [0, 0.05) is 22.9 Å². The Morgan fingerprint density at radius 1 is 1.00 bits per heavy atom. The molecule has 2 aromatic carbocycles. The second kappa shape index (κ2) is 7.75. The highest BCUT2D eigenvalue weighted by Crippen LogP contribution is 2.25. The van der Waals surface area contributed by atoms with Gasteiger partial charge in [-0.05, 0) is 45.8 Å². The van der Waals surface area contributed by atoms with Crippen LogP contribution in [0.5, 0.6) is 0 Å². The van der Waals surface area contributed by atoms with Crippen LogP contribution in [-0.2, 0) is 6.54 Å². The molecule has 120 valence electrons. The van der Waals surface area contributed by atoms with E-state index in [4.69, 9.17) is 0 Å². The maximum absolute atomic E-state index is 12.3. The third kappa shape index (κ3) is 4.20. The number of nitrogens with zero attached hydrogens (tertiary/aromatic N) is 1. The molecule has 1 heterocycles. The minimum absolute atomic E-state index is 0.199. The molecule has 0 aliphatic rings. The Morgan fingerprint density at radius 3 is 2.54 bits per heavy atom. The lowest BCUT2D eigenvalue weighted by Gasteiger charge is -2.10. The van der Waals surface area contributed by atoms with E-state index in [1.54, 1.807) is 12.3 Å². The van der Waals surface area contributed by atoms with E-state index in [2.05, 4.69) is 31.5 Å². The van der Waals surface area contributed by atoms with Gasteiger partial charge < -0.3 is 10.6 Å². The van der Waals surface area contributed by atoms with E-state index >= 15 is 0 Å². The number of pyridine rings is 1. The first-order valence-electron chi connectivity index (χ1n) is 7.52. The molecule has 0 bridgehead atoms. The maximum atomic E-state index is 12.3. The fourth-order valence-corrected chi connectivity index (χ4v) is 2.60. The van der Waals surface area contributed by atoms with E-state index in [-0.39, 0.29) is 5.91 Å². The third-order valence-corrected chi connectivity index (χ3v) is 4.13. The zero-order chi connectivity index (χ0) is 16.8. The summed E-state index contributed by atoms with van der Waals surface area (Å²) in [5.41, 5.74) is 3.16. The Balaban J connectivity index is 1.68. The quantitative estimate of drug-likeness (QED) is 0.682. The van der Waals surface area contributed by atoms with Crippen molar-refractivity contribution in [2.45, 2.75) is 6.54 Å². The normalized spacial score (nSPS) is 10.2. The molecule has 5 heteroatoms. The molecule has 3 rings (SSSR count). The van der Waals surface area contributed by atoms with E-state index in [1.807, 2.05) is 60.7 Å². The van der Waals surface area contributed by atoms with E-state index in [9.17, 15) is 4.79 Å². The van der Waals surface area contributed by atoms with Crippen molar-refractivity contribution in [2.75, 3.05) is 5.32 Å². The van der Waals surface area contributed by atoms with Crippen molar-refractivity contribution in [1.29, 1.82) is 0 Å². The van der Waals surface area contributed by atoms with Gasteiger partial charge in [-0.25, -0.2) is 0 Å². The molecular weight excluding hydrogens is 366 g/mol. The fourth-order valence-electron chi connectivity index (χ4n) is 2.22. The van der Waals surface area contributed by atoms with Crippen molar-refractivity contribution in [3.05, 3.63) is 88.7 Å². The van der Waals surface area contributed by atoms with Gasteiger partial charge in [0.1, 0.15) is 5.69 Å². The third-order valence-electron chi connectivity index (χ3n) is 3.44. The molecule has 4 nitrogen and oxygen atoms in total. The highest BCUT2D eigenvalue weighted by molar-refractivity contribution is 9.10. The molecule has 0 radical (unpaired) electrons. The number of amides is 1. The molecule has 2 N–H and O–H groups in total. The van der Waals surface area contributed by atoms with Gasteiger partial charge in [-0.15, -0.1) is 0 Å². The van der Waals surface area contributed by atoms with Crippen LogP contribution in [0.2, 0.25) is 0 Å². The molecule has 1 amide bonds. The predicted octanol–water partition coefficient (Wildman–Crippen LogP) is 4.52. The first-order valence-corrected chi connectivity index (χ1v) is 8.31. The van der Waals surface area contributed by atoms with Crippen LogP contribution in [-0.4, -0.2) is 10.9 Å². The van der Waals surface area contributed by atoms with Crippen molar-refractivity contribution in [2.24, 2.45) is 0 Å². The highest BCUT2D eigenvalue weighted by atomic mass is 79.9. The lowest BCUT2D eigenvalue weighted by molar-refractivity contribution is 0.0946. The van der Waals surface area contributed by atoms with Crippen LogP contribution in [0.4, 0.5) is 11.4 Å². The van der Waals surface area contributed by atoms with Gasteiger partial charge in [0.15, 0.2) is 0 Å². The summed E-state index contributed by atoms with van der Waals surface area (Å²) in [6, 6.07) is 21.2. The average Bonchev–Trinajstić information content (AvgIpc) is 2.63. The molecule has 24 heavy (non-hydrogen) atoms. The molecule has 0 fully saturated rings. The molecule has 0 atom stereocenters. The number of hydrogen-bond donors (Lipinski definition) is 2. The number of aromatic nitrogens is 1. The molecule has 0 spiro atoms. The number of hydrogen-bond acceptors (Lipinski definition) is 3. The molecule has 0 saturated carbocycles. The summed E-state index contributed by atoms with van der Waals surface area (Å²) in [4.78, 5) is 16.4. The van der Waals surface area contributed by atoms with Gasteiger partial charge in [0.2, 0.25) is 0 Å². The first-order chi connectivity index (χ1) is 11.7. The summed E-state index contributed by atoms with van der Waals surface area (Å²) in [6.07, 6.45) is 1.62. The zero-order valence-corrected chi connectivity index (χ0v) is 14.5. The Labute approximate surface area is 149 Å². The Hall–Kier alpha value is -2.66. The maximum Gasteiger partial charge on any atom is 0.270 e. The van der Waals surface area contributed by atoms with Crippen LogP contribution in [0, 0.1) is 0 Å². The van der Waals surface area contributed by atoms with Crippen LogP contribution in [0.3, 0.4) is 0 Å². The molecular formula is C19H16BrN3O. The van der Waals surface area contributed by atoms with Crippen LogP contribution in [0.25, 0.3) is 0 Å². The highest BCUT2D eigenvalue weighted by Gasteiger charge is 2.08. The first kappa shape index (κ1) is 16.2. The van der Waals surface area contributed by atoms with Crippen molar-refractivity contribution in [3.63, 3.8) is 0 Å². The van der Waals surface area contributed by atoms with E-state index < -0.39 is 0 Å². The number of rotatable bonds is 5. The number of anilines is 2. The molecule has 0 aliphatic heterocycles. The van der Waals surface area contributed by atoms with Crippen LogP contribution >= 0.6 is 15.9 Å². The second-order valence-electron chi connectivity index (χ2n) is 5.20. The molecule has 0 unspecified atom stereocenters. The van der Waals surface area contributed by atoms with Crippen molar-refractivity contribution in [1.82, 2.24) is 10.3 Å². The number of benzene rings is 2. The Kier molecular flexibility index (Phi) is 5.23. The van der Waals surface area contributed by atoms with Gasteiger partial charge in [-0.1, -0.05) is 42.5 Å². The van der Waals surface area contributed by atoms with Gasteiger partial charge in [0.25, 0.3) is 5.91 Å². The van der Waals surface area contributed by atoms with Crippen molar-refractivity contribution >= 4 is 33.2 Å². The summed E-state index contributed by atoms with van der Waals surface area (Å²) in [6.45, 7) is 0.475. The standard InChI is InChI=1S/C19H16BrN3O/c20-16-8-4-5-9-17(16)23-15-10-11-21-18(12-15)19(24)22-13-14-6-2-1-3-7-14/h1-12H,13H2,(H,21,23)(H,22,24). The minimum Gasteiger partial charge on any atom is -0.354 e. The van der Waals surface area contributed by atoms with Gasteiger partial charge in [0.05, 0.1) is 5.69 Å². The molecule has 0 aliphatic carbocycles. The monoisotopic (exact) mass is 381 g/mol. The summed E-state index contributed by atoms with van der Waals surface area (Å²) >= 11 is 3.49. The lowest BCUT2D eigenvalue weighted by atomic mass is 10.2. The molecule has 3 aromatic rings. The zero-order valence-electron chi connectivity index (χ0n) is 12.9. The lowest BCUT2D eigenvalue weighted by Crippen LogP contribution is -2.23. The predicted molar refractivity (Wildman–Crippen MR) is 99.3 cm³/mol. The van der Waals surface area contributed by atoms with Gasteiger partial charge in [-0.3, -0.25) is 9.78 Å². The van der Waals surface area contributed by atoms with E-state index in [0.717, 1.165) is 21.4 Å². The Morgan fingerprint density at radius 2 is 1.75 bits per heavy atom. The van der Waals surface area contributed by atoms with Gasteiger partial charge in [-0.2, -0.15) is 0 Å². The summed E-state index contributed by atoms with van der Waals surface area (Å²) in [5.74, 6) is -0.199. The summed E-state index contributed by atoms with van der Waals surface area (Å²) in [5, 5.41) is 6.15. The largest absolute Gasteiger partial charge is 0.354 e. The second-order valence-corrected chi connectivity index (χ2v) is 6.06. The van der Waals surface area contributed by atoms with Crippen LogP contribution < -0.4 is 10.6 Å². The number of halogens is 1. The molecule has 0 saturated heterocycles. The smallest absolute Gasteiger partial charge is 0.270 e. The summed E-state index contributed by atoms with van der Waals surface area (Å²) < 4.78 is 0.955. The summed E-state index contributed by atoms with van der Waals surface area (Å²) in [7, 11) is 0. The van der Waals surface area contributed by atoms with Crippen LogP contribution in [0.1, 0.15) is 16.1 Å². The SMILES string of the molecule is O=C(NCc1ccccc1)c1cc(Nc2ccccc2Br)ccn1. The van der Waals surface area contributed by atoms with E-state index in [1.165, 1.54) is 0 Å². The number of carbonyl (C=O) groups excluding carboxylic acids is 1. The Bertz CT molecular complexity index is 837. The topological polar surface area (TPSA) is 54.0 Å². The number of nitrogens with one attached hydrogen (secondary N) is 2. The number of carbonyl (C=O) groups is 1. The number of para-hydroxylation sites is 1. The fraction of sp³-hybridized carbons (Fsp3) is 0.0526. The van der Waals surface area contributed by atoms with Gasteiger partial charge >= 0.3 is 0 Å². The van der Waals surface area contributed by atoms with E-state index in [0.29, 0.717) is 12.2 Å².